The number of carbonyl (C=O) groups excluding carboxylic acids is 2. The van der Waals surface area contributed by atoms with Crippen LogP contribution in [0.15, 0.2) is 47.6 Å². The monoisotopic (exact) mass is 528 g/mol. The van der Waals surface area contributed by atoms with Gasteiger partial charge in [0.25, 0.3) is 5.91 Å². The molecule has 38 heavy (non-hydrogen) atoms. The molecule has 8 nitrogen and oxygen atoms in total. The Morgan fingerprint density at radius 1 is 1.21 bits per heavy atom. The number of hydrogen-bond donors (Lipinski definition) is 2. The molecule has 0 saturated heterocycles. The summed E-state index contributed by atoms with van der Waals surface area (Å²) in [4.78, 5) is 29.9. The molecule has 0 bridgehead atoms. The van der Waals surface area contributed by atoms with E-state index in [1.165, 1.54) is 17.0 Å². The lowest BCUT2D eigenvalue weighted by Crippen LogP contribution is -2.40. The molecule has 2 aliphatic heterocycles. The lowest BCUT2D eigenvalue weighted by molar-refractivity contribution is -0.147. The molecule has 0 aliphatic carbocycles. The number of aromatic nitrogens is 2. The van der Waals surface area contributed by atoms with Crippen molar-refractivity contribution in [3.05, 3.63) is 87.7 Å². The SMILES string of the molecule is CNCc1nc(C(F)(F)F)n2c1CN(C(=O)c1cc(CC3=NNC(C=O)c4ccccc43)ccc1F)CC2. The van der Waals surface area contributed by atoms with Gasteiger partial charge in [-0.3, -0.25) is 10.2 Å². The third-order valence-electron chi connectivity index (χ3n) is 6.69. The molecule has 5 rings (SSSR count). The van der Waals surface area contributed by atoms with Crippen LogP contribution in [0.3, 0.4) is 0 Å². The zero-order chi connectivity index (χ0) is 27.0. The summed E-state index contributed by atoms with van der Waals surface area (Å²) in [6.45, 7) is -0.157. The van der Waals surface area contributed by atoms with E-state index in [1.807, 2.05) is 24.3 Å². The van der Waals surface area contributed by atoms with Gasteiger partial charge in [0.05, 0.1) is 29.2 Å². The number of hydrogen-bond acceptors (Lipinski definition) is 6. The number of carbonyl (C=O) groups is 2. The summed E-state index contributed by atoms with van der Waals surface area (Å²) in [5.41, 5.74) is 5.90. The van der Waals surface area contributed by atoms with Crippen LogP contribution in [0.2, 0.25) is 0 Å². The third kappa shape index (κ3) is 4.67. The summed E-state index contributed by atoms with van der Waals surface area (Å²) in [5.74, 6) is -2.35. The predicted octanol–water partition coefficient (Wildman–Crippen LogP) is 3.21. The van der Waals surface area contributed by atoms with Crippen LogP contribution in [0.5, 0.6) is 0 Å². The Morgan fingerprint density at radius 2 is 2.00 bits per heavy atom. The minimum atomic E-state index is -4.63. The van der Waals surface area contributed by atoms with E-state index in [2.05, 4.69) is 20.8 Å². The lowest BCUT2D eigenvalue weighted by atomic mass is 9.92. The molecule has 198 valence electrons. The molecule has 1 aromatic heterocycles. The van der Waals surface area contributed by atoms with Gasteiger partial charge in [-0.2, -0.15) is 18.3 Å². The van der Waals surface area contributed by atoms with Crippen LogP contribution >= 0.6 is 0 Å². The van der Waals surface area contributed by atoms with Crippen molar-refractivity contribution in [3.63, 3.8) is 0 Å². The van der Waals surface area contributed by atoms with E-state index >= 15 is 0 Å². The van der Waals surface area contributed by atoms with E-state index in [0.717, 1.165) is 22.0 Å². The van der Waals surface area contributed by atoms with Crippen LogP contribution in [0.25, 0.3) is 0 Å². The van der Waals surface area contributed by atoms with Crippen LogP contribution in [-0.4, -0.2) is 45.9 Å². The molecular weight excluding hydrogens is 504 g/mol. The van der Waals surface area contributed by atoms with Crippen LogP contribution in [0.4, 0.5) is 17.6 Å². The minimum Gasteiger partial charge on any atom is -0.331 e. The average Bonchev–Trinajstić information content (AvgIpc) is 3.28. The summed E-state index contributed by atoms with van der Waals surface area (Å²) in [6.07, 6.45) is -3.60. The fourth-order valence-electron chi connectivity index (χ4n) is 4.89. The zero-order valence-corrected chi connectivity index (χ0v) is 20.3. The van der Waals surface area contributed by atoms with Crippen LogP contribution < -0.4 is 10.7 Å². The normalized spacial score (nSPS) is 16.8. The number of nitrogens with zero attached hydrogens (tertiary/aromatic N) is 4. The average molecular weight is 529 g/mol. The molecule has 12 heteroatoms. The number of aldehydes is 1. The second-order valence-corrected chi connectivity index (χ2v) is 9.11. The van der Waals surface area contributed by atoms with Crippen molar-refractivity contribution in [3.8, 4) is 0 Å². The molecule has 3 heterocycles. The van der Waals surface area contributed by atoms with Crippen molar-refractivity contribution >= 4 is 17.9 Å². The first-order valence-electron chi connectivity index (χ1n) is 12.0. The lowest BCUT2D eigenvalue weighted by Gasteiger charge is -2.30. The quantitative estimate of drug-likeness (QED) is 0.379. The molecular formula is C26H24F4N6O2. The highest BCUT2D eigenvalue weighted by molar-refractivity contribution is 6.04. The van der Waals surface area contributed by atoms with Gasteiger partial charge in [0, 0.05) is 31.6 Å². The molecule has 1 unspecified atom stereocenters. The Morgan fingerprint density at radius 3 is 2.74 bits per heavy atom. The third-order valence-corrected chi connectivity index (χ3v) is 6.69. The Balaban J connectivity index is 1.40. The number of nitrogens with one attached hydrogen (secondary N) is 2. The van der Waals surface area contributed by atoms with E-state index < -0.39 is 29.8 Å². The number of benzene rings is 2. The first-order chi connectivity index (χ1) is 18.2. The molecule has 0 fully saturated rings. The van der Waals surface area contributed by atoms with Gasteiger partial charge >= 0.3 is 6.18 Å². The Kier molecular flexibility index (Phi) is 6.74. The molecule has 1 amide bonds. The predicted molar refractivity (Wildman–Crippen MR) is 130 cm³/mol. The second kappa shape index (κ2) is 10.0. The maximum Gasteiger partial charge on any atom is 0.449 e. The van der Waals surface area contributed by atoms with Gasteiger partial charge in [0.15, 0.2) is 0 Å². The Labute approximate surface area is 215 Å². The van der Waals surface area contributed by atoms with Crippen LogP contribution in [0, 0.1) is 5.82 Å². The molecule has 1 atom stereocenters. The van der Waals surface area contributed by atoms with Gasteiger partial charge in [-0.25, -0.2) is 9.37 Å². The zero-order valence-electron chi connectivity index (χ0n) is 20.3. The summed E-state index contributed by atoms with van der Waals surface area (Å²) in [6, 6.07) is 10.9. The van der Waals surface area contributed by atoms with Crippen molar-refractivity contribution in [1.29, 1.82) is 0 Å². The molecule has 2 N–H and O–H groups in total. The number of rotatable bonds is 6. The smallest absolute Gasteiger partial charge is 0.331 e. The first kappa shape index (κ1) is 25.6. The van der Waals surface area contributed by atoms with Gasteiger partial charge in [0.1, 0.15) is 18.1 Å². The second-order valence-electron chi connectivity index (χ2n) is 9.11. The summed E-state index contributed by atoms with van der Waals surface area (Å²) >= 11 is 0. The van der Waals surface area contributed by atoms with Crippen molar-refractivity contribution < 1.29 is 27.2 Å². The maximum atomic E-state index is 14.8. The van der Waals surface area contributed by atoms with Crippen molar-refractivity contribution in [2.75, 3.05) is 13.6 Å². The van der Waals surface area contributed by atoms with Gasteiger partial charge < -0.3 is 19.6 Å². The highest BCUT2D eigenvalue weighted by atomic mass is 19.4. The first-order valence-corrected chi connectivity index (χ1v) is 12.0. The van der Waals surface area contributed by atoms with Crippen LogP contribution in [-0.2, 0) is 37.0 Å². The van der Waals surface area contributed by atoms with Crippen molar-refractivity contribution in [2.24, 2.45) is 5.10 Å². The standard InChI is InChI=1S/C26H24F4N6O2/c1-31-12-21-23-13-35(8-9-36(23)25(32-21)26(28,29)30)24(38)18-10-15(6-7-19(18)27)11-20-16-4-2-3-5-17(16)22(14-37)34-33-20/h2-7,10,14,22,31,34H,8-9,11-13H2,1H3. The van der Waals surface area contributed by atoms with Gasteiger partial charge in [-0.05, 0) is 30.3 Å². The van der Waals surface area contributed by atoms with Crippen molar-refractivity contribution in [1.82, 2.24) is 25.2 Å². The molecule has 3 aromatic rings. The van der Waals surface area contributed by atoms with E-state index in [9.17, 15) is 27.2 Å². The van der Waals surface area contributed by atoms with Gasteiger partial charge in [0.2, 0.25) is 5.82 Å². The van der Waals surface area contributed by atoms with E-state index in [1.54, 1.807) is 13.1 Å². The van der Waals surface area contributed by atoms with Gasteiger partial charge in [-0.1, -0.05) is 30.3 Å². The molecule has 0 radical (unpaired) electrons. The maximum absolute atomic E-state index is 14.8. The molecule has 2 aromatic carbocycles. The number of halogens is 4. The largest absolute Gasteiger partial charge is 0.449 e. The fraction of sp³-hybridized carbons (Fsp3) is 0.308. The molecule has 0 saturated carbocycles. The summed E-state index contributed by atoms with van der Waals surface area (Å²) in [7, 11) is 1.59. The van der Waals surface area contributed by atoms with E-state index in [0.29, 0.717) is 11.3 Å². The number of hydrazone groups is 1. The topological polar surface area (TPSA) is 91.6 Å². The van der Waals surface area contributed by atoms with Gasteiger partial charge in [-0.15, -0.1) is 0 Å². The van der Waals surface area contributed by atoms with E-state index in [4.69, 9.17) is 0 Å². The van der Waals surface area contributed by atoms with E-state index in [-0.39, 0.29) is 49.6 Å². The number of fused-ring (bicyclic) bond motifs is 2. The van der Waals surface area contributed by atoms with Crippen molar-refractivity contribution in [2.45, 2.75) is 38.3 Å². The minimum absolute atomic E-state index is 0.0228. The Hall–Kier alpha value is -4.06. The molecule has 0 spiro atoms. The highest BCUT2D eigenvalue weighted by Gasteiger charge is 2.40. The number of alkyl halides is 3. The molecule has 2 aliphatic rings. The summed E-state index contributed by atoms with van der Waals surface area (Å²) < 4.78 is 56.5. The highest BCUT2D eigenvalue weighted by Crippen LogP contribution is 2.33. The number of amides is 1. The van der Waals surface area contributed by atoms with Crippen LogP contribution in [0.1, 0.15) is 50.3 Å². The summed E-state index contributed by atoms with van der Waals surface area (Å²) in [5, 5.41) is 7.12. The number of imidazole rings is 1. The fourth-order valence-corrected chi connectivity index (χ4v) is 4.89. The Bertz CT molecular complexity index is 1430.